The highest BCUT2D eigenvalue weighted by atomic mass is 35.5. The number of sulfonamides is 1. The molecule has 0 radical (unpaired) electrons. The standard InChI is InChI=1S/C17H18ClNO3S/c1-3-22-16-10-12(2)14(18)11-17(16)23(20,21)19-9-8-13-6-4-5-7-15(13)19/h4-7,10-11H,3,8-9H2,1-2H3. The second-order valence-electron chi connectivity index (χ2n) is 5.44. The SMILES string of the molecule is CCOc1cc(C)c(Cl)cc1S(=O)(=O)N1CCc2ccccc21. The van der Waals surface area contributed by atoms with Crippen LogP contribution in [-0.4, -0.2) is 21.6 Å². The fourth-order valence-electron chi connectivity index (χ4n) is 2.78. The predicted octanol–water partition coefficient (Wildman–Crippen LogP) is 3.80. The first-order valence-electron chi connectivity index (χ1n) is 7.48. The van der Waals surface area contributed by atoms with Crippen molar-refractivity contribution in [2.75, 3.05) is 17.5 Å². The zero-order valence-electron chi connectivity index (χ0n) is 13.0. The topological polar surface area (TPSA) is 46.6 Å². The lowest BCUT2D eigenvalue weighted by Gasteiger charge is -2.22. The third-order valence-corrected chi connectivity index (χ3v) is 6.18. The van der Waals surface area contributed by atoms with Crippen LogP contribution in [0.15, 0.2) is 41.3 Å². The van der Waals surface area contributed by atoms with E-state index in [2.05, 4.69) is 0 Å². The second-order valence-corrected chi connectivity index (χ2v) is 7.67. The molecule has 0 fully saturated rings. The summed E-state index contributed by atoms with van der Waals surface area (Å²) in [5, 5.41) is 0.416. The Kier molecular flexibility index (Phi) is 4.25. The molecule has 1 aliphatic heterocycles. The Morgan fingerprint density at radius 2 is 2.00 bits per heavy atom. The van der Waals surface area contributed by atoms with E-state index < -0.39 is 10.0 Å². The molecule has 23 heavy (non-hydrogen) atoms. The molecule has 0 saturated heterocycles. The summed E-state index contributed by atoms with van der Waals surface area (Å²) in [7, 11) is -3.72. The molecule has 6 heteroatoms. The van der Waals surface area contributed by atoms with Gasteiger partial charge >= 0.3 is 0 Å². The van der Waals surface area contributed by atoms with Crippen LogP contribution < -0.4 is 9.04 Å². The number of fused-ring (bicyclic) bond motifs is 1. The van der Waals surface area contributed by atoms with Gasteiger partial charge in [0, 0.05) is 11.6 Å². The minimum Gasteiger partial charge on any atom is -0.492 e. The van der Waals surface area contributed by atoms with Gasteiger partial charge in [-0.25, -0.2) is 8.42 Å². The summed E-state index contributed by atoms with van der Waals surface area (Å²) in [6.45, 7) is 4.47. The number of rotatable bonds is 4. The summed E-state index contributed by atoms with van der Waals surface area (Å²) >= 11 is 6.16. The molecule has 3 rings (SSSR count). The normalized spacial score (nSPS) is 14.0. The maximum absolute atomic E-state index is 13.1. The van der Waals surface area contributed by atoms with Gasteiger partial charge in [-0.3, -0.25) is 4.31 Å². The summed E-state index contributed by atoms with van der Waals surface area (Å²) < 4.78 is 33.3. The van der Waals surface area contributed by atoms with Gasteiger partial charge in [0.2, 0.25) is 0 Å². The molecule has 1 aliphatic rings. The number of nitrogens with zero attached hydrogens (tertiary/aromatic N) is 1. The van der Waals surface area contributed by atoms with Crippen LogP contribution >= 0.6 is 11.6 Å². The Morgan fingerprint density at radius 3 is 2.74 bits per heavy atom. The molecule has 0 bridgehead atoms. The molecular formula is C17H18ClNO3S. The van der Waals surface area contributed by atoms with Crippen LogP contribution in [0.4, 0.5) is 5.69 Å². The third-order valence-electron chi connectivity index (χ3n) is 3.94. The molecule has 0 aliphatic carbocycles. The Balaban J connectivity index is 2.13. The van der Waals surface area contributed by atoms with E-state index in [1.54, 1.807) is 6.07 Å². The minimum atomic E-state index is -3.72. The van der Waals surface area contributed by atoms with Crippen LogP contribution in [0.25, 0.3) is 0 Å². The number of para-hydroxylation sites is 1. The fraction of sp³-hybridized carbons (Fsp3) is 0.294. The number of aryl methyl sites for hydroxylation is 1. The van der Waals surface area contributed by atoms with Gasteiger partial charge < -0.3 is 4.74 Å². The highest BCUT2D eigenvalue weighted by Crippen LogP contribution is 2.37. The largest absolute Gasteiger partial charge is 0.492 e. The van der Waals surface area contributed by atoms with Crippen LogP contribution in [0.2, 0.25) is 5.02 Å². The monoisotopic (exact) mass is 351 g/mol. The van der Waals surface area contributed by atoms with Gasteiger partial charge in [-0.1, -0.05) is 29.8 Å². The summed E-state index contributed by atoms with van der Waals surface area (Å²) in [5.74, 6) is 0.346. The van der Waals surface area contributed by atoms with Crippen LogP contribution in [0, 0.1) is 6.92 Å². The zero-order chi connectivity index (χ0) is 16.6. The Hall–Kier alpha value is -1.72. The van der Waals surface area contributed by atoms with Crippen LogP contribution in [0.3, 0.4) is 0 Å². The number of benzene rings is 2. The molecule has 0 unspecified atom stereocenters. The summed E-state index contributed by atoms with van der Waals surface area (Å²) in [6, 6.07) is 10.7. The number of hydrogen-bond donors (Lipinski definition) is 0. The maximum Gasteiger partial charge on any atom is 0.268 e. The Morgan fingerprint density at radius 1 is 1.26 bits per heavy atom. The molecule has 4 nitrogen and oxygen atoms in total. The van der Waals surface area contributed by atoms with E-state index in [-0.39, 0.29) is 4.90 Å². The van der Waals surface area contributed by atoms with Crippen molar-refractivity contribution in [2.45, 2.75) is 25.2 Å². The van der Waals surface area contributed by atoms with E-state index in [0.717, 1.165) is 16.8 Å². The van der Waals surface area contributed by atoms with Gasteiger partial charge in [-0.15, -0.1) is 0 Å². The molecule has 1 heterocycles. The molecular weight excluding hydrogens is 334 g/mol. The second kappa shape index (κ2) is 6.06. The van der Waals surface area contributed by atoms with Crippen molar-refractivity contribution in [1.82, 2.24) is 0 Å². The number of ether oxygens (including phenoxy) is 1. The van der Waals surface area contributed by atoms with Crippen molar-refractivity contribution in [3.05, 3.63) is 52.5 Å². The van der Waals surface area contributed by atoms with E-state index in [0.29, 0.717) is 30.3 Å². The lowest BCUT2D eigenvalue weighted by Crippen LogP contribution is -2.29. The highest BCUT2D eigenvalue weighted by molar-refractivity contribution is 7.93. The van der Waals surface area contributed by atoms with Crippen LogP contribution in [0.5, 0.6) is 5.75 Å². The quantitative estimate of drug-likeness (QED) is 0.841. The average Bonchev–Trinajstić information content (AvgIpc) is 2.95. The van der Waals surface area contributed by atoms with E-state index in [9.17, 15) is 8.42 Å². The molecule has 122 valence electrons. The first-order chi connectivity index (χ1) is 10.9. The third kappa shape index (κ3) is 2.79. The van der Waals surface area contributed by atoms with Gasteiger partial charge in [-0.2, -0.15) is 0 Å². The molecule has 0 amide bonds. The molecule has 0 N–H and O–H groups in total. The Labute approximate surface area is 141 Å². The van der Waals surface area contributed by atoms with Gasteiger partial charge in [-0.05, 0) is 49.6 Å². The highest BCUT2D eigenvalue weighted by Gasteiger charge is 2.33. The van der Waals surface area contributed by atoms with Crippen molar-refractivity contribution in [1.29, 1.82) is 0 Å². The van der Waals surface area contributed by atoms with E-state index >= 15 is 0 Å². The molecule has 2 aromatic rings. The van der Waals surface area contributed by atoms with Gasteiger partial charge in [0.1, 0.15) is 10.6 Å². The summed E-state index contributed by atoms with van der Waals surface area (Å²) in [6.07, 6.45) is 0.707. The average molecular weight is 352 g/mol. The molecule has 2 aromatic carbocycles. The molecule has 0 saturated carbocycles. The smallest absolute Gasteiger partial charge is 0.268 e. The van der Waals surface area contributed by atoms with E-state index in [1.165, 1.54) is 10.4 Å². The maximum atomic E-state index is 13.1. The lowest BCUT2D eigenvalue weighted by atomic mass is 10.2. The van der Waals surface area contributed by atoms with Gasteiger partial charge in [0.25, 0.3) is 10.0 Å². The van der Waals surface area contributed by atoms with Crippen molar-refractivity contribution in [2.24, 2.45) is 0 Å². The lowest BCUT2D eigenvalue weighted by molar-refractivity contribution is 0.331. The molecule has 0 aromatic heterocycles. The van der Waals surface area contributed by atoms with E-state index in [4.69, 9.17) is 16.3 Å². The number of hydrogen-bond acceptors (Lipinski definition) is 3. The number of halogens is 1. The van der Waals surface area contributed by atoms with E-state index in [1.807, 2.05) is 38.1 Å². The minimum absolute atomic E-state index is 0.117. The van der Waals surface area contributed by atoms with Gasteiger partial charge in [0.05, 0.1) is 12.3 Å². The molecule has 0 atom stereocenters. The zero-order valence-corrected chi connectivity index (χ0v) is 14.6. The van der Waals surface area contributed by atoms with Crippen LogP contribution in [-0.2, 0) is 16.4 Å². The molecule has 0 spiro atoms. The van der Waals surface area contributed by atoms with Crippen molar-refractivity contribution >= 4 is 27.3 Å². The fourth-order valence-corrected chi connectivity index (χ4v) is 4.66. The first-order valence-corrected chi connectivity index (χ1v) is 9.30. The predicted molar refractivity (Wildman–Crippen MR) is 92.0 cm³/mol. The van der Waals surface area contributed by atoms with Crippen LogP contribution in [0.1, 0.15) is 18.1 Å². The van der Waals surface area contributed by atoms with Crippen molar-refractivity contribution in [3.8, 4) is 5.75 Å². The summed E-state index contributed by atoms with van der Waals surface area (Å²) in [4.78, 5) is 0.117. The van der Waals surface area contributed by atoms with Crippen molar-refractivity contribution in [3.63, 3.8) is 0 Å². The summed E-state index contributed by atoms with van der Waals surface area (Å²) in [5.41, 5.74) is 2.55. The van der Waals surface area contributed by atoms with Gasteiger partial charge in [0.15, 0.2) is 0 Å². The van der Waals surface area contributed by atoms with Crippen molar-refractivity contribution < 1.29 is 13.2 Å². The Bertz CT molecular complexity index is 849. The number of anilines is 1. The first kappa shape index (κ1) is 16.1.